The number of hydrogen-bond donors (Lipinski definition) is 3. The molecular weight excluding hydrogens is 414 g/mol. The Morgan fingerprint density at radius 3 is 2.30 bits per heavy atom. The molecule has 0 bridgehead atoms. The van der Waals surface area contributed by atoms with Crippen molar-refractivity contribution in [3.8, 4) is 5.75 Å². The van der Waals surface area contributed by atoms with Gasteiger partial charge < -0.3 is 10.2 Å². The van der Waals surface area contributed by atoms with Crippen LogP contribution >= 0.6 is 11.3 Å². The van der Waals surface area contributed by atoms with Crippen LogP contribution < -0.4 is 4.72 Å². The number of phenols is 1. The molecule has 0 unspecified atom stereocenters. The van der Waals surface area contributed by atoms with Crippen LogP contribution in [0.25, 0.3) is 10.8 Å². The van der Waals surface area contributed by atoms with Crippen molar-refractivity contribution in [1.29, 1.82) is 0 Å². The summed E-state index contributed by atoms with van der Waals surface area (Å²) in [6.45, 7) is 0. The maximum atomic E-state index is 12.5. The quantitative estimate of drug-likeness (QED) is 0.513. The number of anilines is 1. The number of thiophene rings is 1. The highest BCUT2D eigenvalue weighted by Crippen LogP contribution is 2.38. The predicted molar refractivity (Wildman–Crippen MR) is 100 cm³/mol. The highest BCUT2D eigenvalue weighted by Gasteiger charge is 2.26. The van der Waals surface area contributed by atoms with Crippen LogP contribution in [0.1, 0.15) is 0 Å². The highest BCUT2D eigenvalue weighted by atomic mass is 32.2. The van der Waals surface area contributed by atoms with Gasteiger partial charge in [-0.15, -0.1) is 11.3 Å². The number of nitrogens with one attached hydrogen (secondary N) is 1. The van der Waals surface area contributed by atoms with Crippen molar-refractivity contribution in [3.05, 3.63) is 47.8 Å². The molecule has 0 aliphatic carbocycles. The lowest BCUT2D eigenvalue weighted by molar-refractivity contribution is -0.134. The summed E-state index contributed by atoms with van der Waals surface area (Å²) in [5.41, 5.74) is -0.0826. The topological polar surface area (TPSA) is 138 Å². The number of rotatable bonds is 6. The second-order valence-electron chi connectivity index (χ2n) is 5.51. The first kappa shape index (κ1) is 19.1. The molecule has 8 nitrogen and oxygen atoms in total. The number of aromatic hydroxyl groups is 1. The lowest BCUT2D eigenvalue weighted by Crippen LogP contribution is -2.17. The van der Waals surface area contributed by atoms with Crippen LogP contribution in [0.2, 0.25) is 0 Å². The van der Waals surface area contributed by atoms with Gasteiger partial charge in [-0.25, -0.2) is 16.8 Å². The lowest BCUT2D eigenvalue weighted by Gasteiger charge is -2.14. The van der Waals surface area contributed by atoms with E-state index in [1.54, 1.807) is 17.5 Å². The molecule has 1 heterocycles. The minimum absolute atomic E-state index is 0.0228. The van der Waals surface area contributed by atoms with E-state index in [0.29, 0.717) is 0 Å². The van der Waals surface area contributed by atoms with Crippen LogP contribution in [0.5, 0.6) is 5.75 Å². The largest absolute Gasteiger partial charge is 0.506 e. The Bertz CT molecular complexity index is 1230. The number of phenolic OH excluding ortho intramolecular Hbond substituents is 1. The molecule has 0 radical (unpaired) electrons. The molecule has 0 aliphatic rings. The summed E-state index contributed by atoms with van der Waals surface area (Å²) in [5, 5.41) is 21.1. The smallest absolute Gasteiger partial charge is 0.319 e. The standard InChI is InChI=1S/C16H13NO7S3/c18-14(19)9-26(21,22)13-8-12(10-4-1-2-5-11(10)16(13)20)17-27(23,24)15-6-3-7-25-15/h1-8,17,20H,9H2,(H,18,19). The Balaban J connectivity index is 2.24. The molecule has 1 aromatic heterocycles. The number of carbonyl (C=O) groups is 1. The van der Waals surface area contributed by atoms with E-state index in [0.717, 1.165) is 17.4 Å². The van der Waals surface area contributed by atoms with Crippen molar-refractivity contribution in [1.82, 2.24) is 0 Å². The van der Waals surface area contributed by atoms with Gasteiger partial charge in [0.2, 0.25) is 0 Å². The summed E-state index contributed by atoms with van der Waals surface area (Å²) < 4.78 is 52.1. The molecule has 0 fully saturated rings. The molecule has 2 aromatic carbocycles. The van der Waals surface area contributed by atoms with Crippen LogP contribution in [-0.2, 0) is 24.7 Å². The zero-order chi connectivity index (χ0) is 19.8. The molecule has 0 aliphatic heterocycles. The normalized spacial score (nSPS) is 12.1. The number of benzene rings is 2. The maximum absolute atomic E-state index is 12.5. The average molecular weight is 427 g/mol. The third-order valence-electron chi connectivity index (χ3n) is 3.63. The fourth-order valence-electron chi connectivity index (χ4n) is 2.51. The highest BCUT2D eigenvalue weighted by molar-refractivity contribution is 7.94. The SMILES string of the molecule is O=C(O)CS(=O)(=O)c1cc(NS(=O)(=O)c2cccs2)c2ccccc2c1O. The molecule has 3 N–H and O–H groups in total. The van der Waals surface area contributed by atoms with Crippen molar-refractivity contribution < 1.29 is 31.8 Å². The van der Waals surface area contributed by atoms with Gasteiger partial charge in [-0.1, -0.05) is 30.3 Å². The molecule has 0 spiro atoms. The number of carboxylic acids is 1. The summed E-state index contributed by atoms with van der Waals surface area (Å²) in [4.78, 5) is 10.2. The van der Waals surface area contributed by atoms with Crippen LogP contribution in [0, 0.1) is 0 Å². The van der Waals surface area contributed by atoms with Crippen LogP contribution in [0.3, 0.4) is 0 Å². The van der Waals surface area contributed by atoms with Gasteiger partial charge >= 0.3 is 5.97 Å². The molecule has 0 saturated heterocycles. The van der Waals surface area contributed by atoms with E-state index < -0.39 is 42.2 Å². The monoisotopic (exact) mass is 427 g/mol. The van der Waals surface area contributed by atoms with E-state index in [2.05, 4.69) is 4.72 Å². The fourth-order valence-corrected chi connectivity index (χ4v) is 5.75. The van der Waals surface area contributed by atoms with E-state index in [1.807, 2.05) is 0 Å². The molecule has 11 heteroatoms. The summed E-state index contributed by atoms with van der Waals surface area (Å²) >= 11 is 0.980. The Labute approximate surface area is 158 Å². The third-order valence-corrected chi connectivity index (χ3v) is 8.01. The molecule has 0 amide bonds. The number of sulfonamides is 1. The number of carboxylic acid groups (broad SMARTS) is 1. The summed E-state index contributed by atoms with van der Waals surface area (Å²) in [7, 11) is -8.38. The van der Waals surface area contributed by atoms with Gasteiger partial charge in [0.15, 0.2) is 15.6 Å². The molecule has 0 atom stereocenters. The molecule has 142 valence electrons. The molecular formula is C16H13NO7S3. The number of aliphatic carboxylic acids is 1. The second-order valence-corrected chi connectivity index (χ2v) is 10.3. The van der Waals surface area contributed by atoms with Gasteiger partial charge in [0, 0.05) is 10.8 Å². The molecule has 27 heavy (non-hydrogen) atoms. The summed E-state index contributed by atoms with van der Waals surface area (Å²) in [5.74, 6) is -3.47. The van der Waals surface area contributed by atoms with Crippen molar-refractivity contribution in [2.75, 3.05) is 10.5 Å². The maximum Gasteiger partial charge on any atom is 0.319 e. The van der Waals surface area contributed by atoms with Gasteiger partial charge in [0.1, 0.15) is 14.9 Å². The number of hydrogen-bond acceptors (Lipinski definition) is 7. The molecule has 3 rings (SSSR count). The zero-order valence-electron chi connectivity index (χ0n) is 13.5. The van der Waals surface area contributed by atoms with E-state index in [4.69, 9.17) is 5.11 Å². The van der Waals surface area contributed by atoms with Gasteiger partial charge in [0.25, 0.3) is 10.0 Å². The summed E-state index contributed by atoms with van der Waals surface area (Å²) in [6, 6.07) is 9.92. The van der Waals surface area contributed by atoms with Crippen molar-refractivity contribution >= 4 is 53.6 Å². The van der Waals surface area contributed by atoms with Crippen LogP contribution in [0.4, 0.5) is 5.69 Å². The Morgan fingerprint density at radius 1 is 1.04 bits per heavy atom. The number of sulfone groups is 1. The van der Waals surface area contributed by atoms with Crippen molar-refractivity contribution in [3.63, 3.8) is 0 Å². The predicted octanol–water partition coefficient (Wildman–Crippen LogP) is 2.27. The van der Waals surface area contributed by atoms with Gasteiger partial charge in [-0.2, -0.15) is 0 Å². The summed E-state index contributed by atoms with van der Waals surface area (Å²) in [6.07, 6.45) is 0. The molecule has 3 aromatic rings. The van der Waals surface area contributed by atoms with Gasteiger partial charge in [-0.05, 0) is 17.5 Å². The first-order valence-electron chi connectivity index (χ1n) is 7.37. The van der Waals surface area contributed by atoms with Crippen molar-refractivity contribution in [2.45, 2.75) is 9.10 Å². The third kappa shape index (κ3) is 3.75. The first-order chi connectivity index (χ1) is 12.6. The Hall–Kier alpha value is -2.63. The van der Waals surface area contributed by atoms with E-state index in [1.165, 1.54) is 24.3 Å². The lowest BCUT2D eigenvalue weighted by atomic mass is 10.1. The fraction of sp³-hybridized carbons (Fsp3) is 0.0625. The van der Waals surface area contributed by atoms with Gasteiger partial charge in [0.05, 0.1) is 5.69 Å². The van der Waals surface area contributed by atoms with E-state index in [9.17, 15) is 26.7 Å². The van der Waals surface area contributed by atoms with Crippen LogP contribution in [-0.4, -0.2) is 38.8 Å². The number of fused-ring (bicyclic) bond motifs is 1. The Morgan fingerprint density at radius 2 is 1.70 bits per heavy atom. The first-order valence-corrected chi connectivity index (χ1v) is 11.4. The minimum atomic E-state index is -4.40. The van der Waals surface area contributed by atoms with Gasteiger partial charge in [-0.3, -0.25) is 9.52 Å². The molecule has 0 saturated carbocycles. The zero-order valence-corrected chi connectivity index (χ0v) is 15.9. The van der Waals surface area contributed by atoms with E-state index >= 15 is 0 Å². The van der Waals surface area contributed by atoms with Crippen molar-refractivity contribution in [2.24, 2.45) is 0 Å². The average Bonchev–Trinajstić information content (AvgIpc) is 3.11. The van der Waals surface area contributed by atoms with E-state index in [-0.39, 0.29) is 20.7 Å². The second kappa shape index (κ2) is 6.83. The minimum Gasteiger partial charge on any atom is -0.506 e. The Kier molecular flexibility index (Phi) is 4.84. The van der Waals surface area contributed by atoms with Crippen LogP contribution in [0.15, 0.2) is 56.9 Å².